The van der Waals surface area contributed by atoms with E-state index in [-0.39, 0.29) is 6.61 Å². The summed E-state index contributed by atoms with van der Waals surface area (Å²) in [6.45, 7) is 1.03. The molecule has 78 valence electrons. The molecule has 13 heavy (non-hydrogen) atoms. The highest BCUT2D eigenvalue weighted by Crippen LogP contribution is 1.86. The van der Waals surface area contributed by atoms with Gasteiger partial charge in [-0.05, 0) is 6.92 Å². The van der Waals surface area contributed by atoms with Gasteiger partial charge < -0.3 is 15.3 Å². The highest BCUT2D eigenvalue weighted by atomic mass is 17.0. The second-order valence-electron chi connectivity index (χ2n) is 1.65. The summed E-state index contributed by atoms with van der Waals surface area (Å²) >= 11 is 0. The first-order valence-electron chi connectivity index (χ1n) is 3.25. The molecule has 0 saturated carbocycles. The van der Waals surface area contributed by atoms with Crippen molar-refractivity contribution in [1.29, 1.82) is 0 Å². The zero-order chi connectivity index (χ0) is 10.9. The molecule has 0 fully saturated rings. The zero-order valence-electron chi connectivity index (χ0n) is 6.91. The van der Waals surface area contributed by atoms with Crippen LogP contribution in [0, 0.1) is 10.1 Å². The van der Waals surface area contributed by atoms with Crippen molar-refractivity contribution in [2.45, 2.75) is 13.0 Å². The molecule has 8 heteroatoms. The van der Waals surface area contributed by atoms with Crippen molar-refractivity contribution in [3.8, 4) is 0 Å². The third-order valence-corrected chi connectivity index (χ3v) is 0.610. The minimum atomic E-state index is -1.84. The van der Waals surface area contributed by atoms with Crippen molar-refractivity contribution in [3.05, 3.63) is 10.1 Å². The minimum Gasteiger partial charge on any atom is -0.397 e. The molecule has 0 spiro atoms. The largest absolute Gasteiger partial charge is 0.397 e. The molecule has 0 rings (SSSR count). The van der Waals surface area contributed by atoms with Crippen LogP contribution in [0.1, 0.15) is 6.92 Å². The number of carbonyl (C=O) groups is 1. The third-order valence-electron chi connectivity index (χ3n) is 0.610. The molecule has 0 saturated heterocycles. The van der Waals surface area contributed by atoms with E-state index in [0.29, 0.717) is 0 Å². The van der Waals surface area contributed by atoms with Crippen LogP contribution in [0.15, 0.2) is 0 Å². The second-order valence-corrected chi connectivity index (χ2v) is 1.65. The number of hydrogen-bond acceptors (Lipinski definition) is 7. The summed E-state index contributed by atoms with van der Waals surface area (Å²) in [4.78, 5) is 22.8. The van der Waals surface area contributed by atoms with Crippen LogP contribution in [0.5, 0.6) is 0 Å². The van der Waals surface area contributed by atoms with E-state index in [1.54, 1.807) is 6.92 Å². The lowest BCUT2D eigenvalue weighted by molar-refractivity contribution is -0.730. The molecule has 1 atom stereocenters. The van der Waals surface area contributed by atoms with Crippen molar-refractivity contribution in [2.75, 3.05) is 13.2 Å². The van der Waals surface area contributed by atoms with Gasteiger partial charge in [-0.1, -0.05) is 0 Å². The van der Waals surface area contributed by atoms with E-state index in [4.69, 9.17) is 15.3 Å². The van der Waals surface area contributed by atoms with Gasteiger partial charge in [0.05, 0.1) is 6.61 Å². The lowest BCUT2D eigenvalue weighted by atomic mass is 10.4. The molecule has 0 amide bonds. The van der Waals surface area contributed by atoms with E-state index in [2.05, 4.69) is 4.84 Å². The number of aliphatic hydroxyl groups is 3. The summed E-state index contributed by atoms with van der Waals surface area (Å²) in [5, 5.41) is 32.0. The van der Waals surface area contributed by atoms with E-state index in [0.717, 1.165) is 0 Å². The Labute approximate surface area is 73.5 Å². The fraction of sp³-hybridized carbons (Fsp3) is 0.800. The summed E-state index contributed by atoms with van der Waals surface area (Å²) < 4.78 is 0. The molecule has 0 aromatic heterocycles. The lowest BCUT2D eigenvalue weighted by Crippen LogP contribution is -2.28. The third kappa shape index (κ3) is 10.8. The summed E-state index contributed by atoms with van der Waals surface area (Å²) in [5.74, 6) is -1.48. The predicted octanol–water partition coefficient (Wildman–Crippen LogP) is -1.93. The summed E-state index contributed by atoms with van der Waals surface area (Å²) in [7, 11) is 0. The second kappa shape index (κ2) is 8.84. The van der Waals surface area contributed by atoms with Gasteiger partial charge in [0.1, 0.15) is 0 Å². The molecule has 0 heterocycles. The van der Waals surface area contributed by atoms with E-state index >= 15 is 0 Å². The maximum Gasteiger partial charge on any atom is 0.334 e. The Morgan fingerprint density at radius 1 is 1.62 bits per heavy atom. The van der Waals surface area contributed by atoms with Gasteiger partial charge in [0.2, 0.25) is 0 Å². The van der Waals surface area contributed by atoms with Crippen molar-refractivity contribution in [1.82, 2.24) is 0 Å². The van der Waals surface area contributed by atoms with Crippen LogP contribution in [0.4, 0.5) is 0 Å². The molecule has 1 unspecified atom stereocenters. The fourth-order valence-electron chi connectivity index (χ4n) is 0.209. The molecular weight excluding hydrogens is 186 g/mol. The van der Waals surface area contributed by atoms with Gasteiger partial charge in [0.15, 0.2) is 6.10 Å². The van der Waals surface area contributed by atoms with Gasteiger partial charge in [-0.15, -0.1) is 10.1 Å². The standard InChI is InChI=1S/C3H5NO6.C2H6O/c5-1-2(6)3(7)10-4(8)9;1-2-3/h2,5-6H,1H2;3H,2H2,1H3. The van der Waals surface area contributed by atoms with Crippen LogP contribution >= 0.6 is 0 Å². The summed E-state index contributed by atoms with van der Waals surface area (Å²) in [5.41, 5.74) is 0. The Hall–Kier alpha value is -1.25. The van der Waals surface area contributed by atoms with Gasteiger partial charge in [0, 0.05) is 6.61 Å². The van der Waals surface area contributed by atoms with Crippen molar-refractivity contribution in [2.24, 2.45) is 0 Å². The molecule has 0 bridgehead atoms. The maximum atomic E-state index is 10.1. The number of carbonyl (C=O) groups excluding carboxylic acids is 1. The molecule has 0 radical (unpaired) electrons. The average Bonchev–Trinajstić information content (AvgIpc) is 2.03. The number of hydrogen-bond donors (Lipinski definition) is 3. The van der Waals surface area contributed by atoms with Gasteiger partial charge in [-0.2, -0.15) is 0 Å². The Morgan fingerprint density at radius 3 is 2.23 bits per heavy atom. The predicted molar refractivity (Wildman–Crippen MR) is 38.9 cm³/mol. The maximum absolute atomic E-state index is 10.1. The minimum absolute atomic E-state index is 0.250. The monoisotopic (exact) mass is 197 g/mol. The normalized spacial score (nSPS) is 10.8. The van der Waals surface area contributed by atoms with Crippen LogP contribution in [0.25, 0.3) is 0 Å². The molecule has 8 nitrogen and oxygen atoms in total. The highest BCUT2D eigenvalue weighted by molar-refractivity contribution is 5.73. The van der Waals surface area contributed by atoms with E-state index < -0.39 is 23.8 Å². The molecular formula is C5H11NO7. The van der Waals surface area contributed by atoms with Gasteiger partial charge in [0.25, 0.3) is 0 Å². The lowest BCUT2D eigenvalue weighted by Gasteiger charge is -2.00. The highest BCUT2D eigenvalue weighted by Gasteiger charge is 2.17. The van der Waals surface area contributed by atoms with E-state index in [9.17, 15) is 14.9 Å². The number of aliphatic hydroxyl groups excluding tert-OH is 3. The van der Waals surface area contributed by atoms with Crippen molar-refractivity contribution < 1.29 is 30.0 Å². The van der Waals surface area contributed by atoms with Crippen LogP contribution in [0.3, 0.4) is 0 Å². The Balaban J connectivity index is 0. The van der Waals surface area contributed by atoms with Gasteiger partial charge in [-0.25, -0.2) is 4.84 Å². The SMILES string of the molecule is CCO.O=C(O[N+](=O)[O-])C(O)CO. The van der Waals surface area contributed by atoms with Crippen LogP contribution in [-0.4, -0.2) is 45.7 Å². The molecule has 0 aliphatic heterocycles. The van der Waals surface area contributed by atoms with Crippen LogP contribution < -0.4 is 0 Å². The number of rotatable bonds is 3. The van der Waals surface area contributed by atoms with E-state index in [1.165, 1.54) is 0 Å². The quantitative estimate of drug-likeness (QED) is 0.354. The van der Waals surface area contributed by atoms with Crippen LogP contribution in [0.2, 0.25) is 0 Å². The first kappa shape index (κ1) is 14.3. The summed E-state index contributed by atoms with van der Waals surface area (Å²) in [6, 6.07) is 0. The van der Waals surface area contributed by atoms with Crippen molar-refractivity contribution in [3.63, 3.8) is 0 Å². The molecule has 0 aliphatic rings. The van der Waals surface area contributed by atoms with Crippen molar-refractivity contribution >= 4 is 5.97 Å². The van der Waals surface area contributed by atoms with Gasteiger partial charge in [-0.3, -0.25) is 4.79 Å². The Morgan fingerprint density at radius 2 is 2.00 bits per heavy atom. The summed E-state index contributed by atoms with van der Waals surface area (Å²) in [6.07, 6.45) is -1.84. The first-order valence-corrected chi connectivity index (χ1v) is 3.25. The molecule has 0 aromatic carbocycles. The molecule has 0 aromatic rings. The Kier molecular flexibility index (Phi) is 9.72. The smallest absolute Gasteiger partial charge is 0.334 e. The van der Waals surface area contributed by atoms with Crippen LogP contribution in [-0.2, 0) is 9.63 Å². The topological polar surface area (TPSA) is 130 Å². The zero-order valence-corrected chi connectivity index (χ0v) is 6.91. The fourth-order valence-corrected chi connectivity index (χ4v) is 0.209. The first-order chi connectivity index (χ1) is 5.99. The van der Waals surface area contributed by atoms with Gasteiger partial charge >= 0.3 is 11.1 Å². The number of nitrogens with zero attached hydrogens (tertiary/aromatic N) is 1. The molecule has 0 aliphatic carbocycles. The average molecular weight is 197 g/mol. The Bertz CT molecular complexity index is 159. The molecule has 3 N–H and O–H groups in total. The van der Waals surface area contributed by atoms with E-state index in [1.807, 2.05) is 0 Å².